The van der Waals surface area contributed by atoms with E-state index in [0.717, 1.165) is 18.5 Å². The maximum Gasteiger partial charge on any atom is 0.419 e. The van der Waals surface area contributed by atoms with Crippen LogP contribution in [0.4, 0.5) is 0 Å². The van der Waals surface area contributed by atoms with E-state index in [2.05, 4.69) is 18.4 Å². The van der Waals surface area contributed by atoms with E-state index in [0.29, 0.717) is 18.5 Å². The molecule has 0 bridgehead atoms. The number of carbonyl (C=O) groups is 1. The van der Waals surface area contributed by atoms with Crippen LogP contribution in [0.3, 0.4) is 0 Å². The molecule has 0 unspecified atom stereocenters. The van der Waals surface area contributed by atoms with Crippen LogP contribution in [0.5, 0.6) is 0 Å². The number of benzene rings is 1. The second-order valence-electron chi connectivity index (χ2n) is 6.05. The predicted molar refractivity (Wildman–Crippen MR) is 93.2 cm³/mol. The summed E-state index contributed by atoms with van der Waals surface area (Å²) in [5.41, 5.74) is 2.55. The number of aromatic nitrogens is 1. The van der Waals surface area contributed by atoms with E-state index < -0.39 is 5.76 Å². The van der Waals surface area contributed by atoms with Crippen molar-refractivity contribution in [3.05, 3.63) is 56.7 Å². The van der Waals surface area contributed by atoms with Crippen molar-refractivity contribution in [2.45, 2.75) is 32.4 Å². The highest BCUT2D eigenvalue weighted by atomic mass is 32.1. The molecule has 1 aliphatic rings. The highest BCUT2D eigenvalue weighted by molar-refractivity contribution is 7.10. The standard InChI is InChI=1S/C18H18N2O3S/c1-12-13-8-11-24-16(13)6-9-19(12)17(21)7-10-20-14-4-2-3-5-15(14)23-18(20)22/h2-5,8,11-12H,6-7,9-10H2,1H3/t12-/m1/s1. The zero-order valence-electron chi connectivity index (χ0n) is 13.4. The van der Waals surface area contributed by atoms with Crippen molar-refractivity contribution >= 4 is 28.3 Å². The molecule has 1 atom stereocenters. The van der Waals surface area contributed by atoms with Crippen LogP contribution in [0.1, 0.15) is 29.8 Å². The molecule has 3 aromatic rings. The van der Waals surface area contributed by atoms with E-state index in [-0.39, 0.29) is 11.9 Å². The Morgan fingerprint density at radius 2 is 2.17 bits per heavy atom. The number of amides is 1. The molecule has 1 amide bonds. The van der Waals surface area contributed by atoms with Gasteiger partial charge in [-0.2, -0.15) is 0 Å². The molecule has 0 aliphatic carbocycles. The third-order valence-electron chi connectivity index (χ3n) is 4.72. The van der Waals surface area contributed by atoms with Crippen LogP contribution >= 0.6 is 11.3 Å². The first-order valence-corrected chi connectivity index (χ1v) is 8.97. The van der Waals surface area contributed by atoms with Gasteiger partial charge in [-0.25, -0.2) is 4.79 Å². The predicted octanol–water partition coefficient (Wildman–Crippen LogP) is 3.19. The van der Waals surface area contributed by atoms with Gasteiger partial charge in [-0.15, -0.1) is 11.3 Å². The molecule has 2 aromatic heterocycles. The number of nitrogens with zero attached hydrogens (tertiary/aromatic N) is 2. The summed E-state index contributed by atoms with van der Waals surface area (Å²) in [5.74, 6) is -0.327. The maximum absolute atomic E-state index is 12.7. The summed E-state index contributed by atoms with van der Waals surface area (Å²) in [6.45, 7) is 3.16. The minimum absolute atomic E-state index is 0.0801. The number of para-hydroxylation sites is 2. The maximum atomic E-state index is 12.7. The minimum Gasteiger partial charge on any atom is -0.408 e. The van der Waals surface area contributed by atoms with Crippen LogP contribution in [0.15, 0.2) is 44.9 Å². The normalized spacial score (nSPS) is 17.2. The van der Waals surface area contributed by atoms with Crippen LogP contribution in [-0.4, -0.2) is 21.9 Å². The molecule has 124 valence electrons. The summed E-state index contributed by atoms with van der Waals surface area (Å²) in [7, 11) is 0. The van der Waals surface area contributed by atoms with Gasteiger partial charge in [0.05, 0.1) is 11.6 Å². The van der Waals surface area contributed by atoms with Crippen molar-refractivity contribution in [2.24, 2.45) is 0 Å². The minimum atomic E-state index is -0.407. The topological polar surface area (TPSA) is 55.5 Å². The Bertz CT molecular complexity index is 952. The second kappa shape index (κ2) is 5.94. The molecule has 0 radical (unpaired) electrons. The van der Waals surface area contributed by atoms with Crippen LogP contribution in [0.25, 0.3) is 11.1 Å². The Morgan fingerprint density at radius 1 is 1.33 bits per heavy atom. The van der Waals surface area contributed by atoms with Gasteiger partial charge in [0.2, 0.25) is 5.91 Å². The average molecular weight is 342 g/mol. The van der Waals surface area contributed by atoms with E-state index in [4.69, 9.17) is 4.42 Å². The lowest BCUT2D eigenvalue weighted by Crippen LogP contribution is -2.38. The van der Waals surface area contributed by atoms with E-state index in [9.17, 15) is 9.59 Å². The van der Waals surface area contributed by atoms with E-state index >= 15 is 0 Å². The fourth-order valence-corrected chi connectivity index (χ4v) is 4.39. The molecule has 1 aliphatic heterocycles. The van der Waals surface area contributed by atoms with E-state index in [1.54, 1.807) is 17.4 Å². The fraction of sp³-hybridized carbons (Fsp3) is 0.333. The van der Waals surface area contributed by atoms with Gasteiger partial charge in [0.1, 0.15) is 0 Å². The molecule has 5 nitrogen and oxygen atoms in total. The van der Waals surface area contributed by atoms with Crippen molar-refractivity contribution in [1.82, 2.24) is 9.47 Å². The number of thiophene rings is 1. The van der Waals surface area contributed by atoms with Gasteiger partial charge in [-0.05, 0) is 42.5 Å². The van der Waals surface area contributed by atoms with Crippen LogP contribution in [-0.2, 0) is 17.8 Å². The first-order valence-electron chi connectivity index (χ1n) is 8.09. The lowest BCUT2D eigenvalue weighted by atomic mass is 10.0. The van der Waals surface area contributed by atoms with Crippen LogP contribution < -0.4 is 5.76 Å². The average Bonchev–Trinajstić information content (AvgIpc) is 3.17. The molecular formula is C18H18N2O3S. The van der Waals surface area contributed by atoms with E-state index in [1.165, 1.54) is 15.0 Å². The van der Waals surface area contributed by atoms with Crippen LogP contribution in [0, 0.1) is 0 Å². The van der Waals surface area contributed by atoms with Crippen molar-refractivity contribution in [3.63, 3.8) is 0 Å². The molecule has 3 heterocycles. The zero-order chi connectivity index (χ0) is 16.7. The number of hydrogen-bond acceptors (Lipinski definition) is 4. The summed E-state index contributed by atoms with van der Waals surface area (Å²) < 4.78 is 6.76. The Balaban J connectivity index is 1.51. The molecule has 0 saturated carbocycles. The largest absolute Gasteiger partial charge is 0.419 e. The van der Waals surface area contributed by atoms with Crippen molar-refractivity contribution in [3.8, 4) is 0 Å². The number of carbonyl (C=O) groups excluding carboxylic acids is 1. The SMILES string of the molecule is C[C@@H]1c2ccsc2CCN1C(=O)CCn1c(=O)oc2ccccc21. The van der Waals surface area contributed by atoms with Crippen molar-refractivity contribution in [2.75, 3.05) is 6.54 Å². The number of aryl methyl sites for hydroxylation is 1. The van der Waals surface area contributed by atoms with Gasteiger partial charge >= 0.3 is 5.76 Å². The summed E-state index contributed by atoms with van der Waals surface area (Å²) in [6.07, 6.45) is 1.21. The third-order valence-corrected chi connectivity index (χ3v) is 5.72. The Morgan fingerprint density at radius 3 is 3.04 bits per heavy atom. The lowest BCUT2D eigenvalue weighted by molar-refractivity contribution is -0.134. The molecule has 0 fully saturated rings. The number of oxazole rings is 1. The molecule has 24 heavy (non-hydrogen) atoms. The Labute approximate surface area is 143 Å². The van der Waals surface area contributed by atoms with Gasteiger partial charge in [0, 0.05) is 24.4 Å². The molecule has 0 N–H and O–H groups in total. The van der Waals surface area contributed by atoms with E-state index in [1.807, 2.05) is 23.1 Å². The second-order valence-corrected chi connectivity index (χ2v) is 7.05. The number of hydrogen-bond donors (Lipinski definition) is 0. The molecule has 0 spiro atoms. The third kappa shape index (κ3) is 2.47. The summed E-state index contributed by atoms with van der Waals surface area (Å²) >= 11 is 1.76. The van der Waals surface area contributed by atoms with Gasteiger partial charge in [0.15, 0.2) is 5.58 Å². The summed E-state index contributed by atoms with van der Waals surface area (Å²) in [6, 6.07) is 9.50. The monoisotopic (exact) mass is 342 g/mol. The zero-order valence-corrected chi connectivity index (χ0v) is 14.2. The van der Waals surface area contributed by atoms with Crippen molar-refractivity contribution in [1.29, 1.82) is 0 Å². The number of rotatable bonds is 3. The molecule has 6 heteroatoms. The van der Waals surface area contributed by atoms with Gasteiger partial charge in [-0.3, -0.25) is 9.36 Å². The highest BCUT2D eigenvalue weighted by Crippen LogP contribution is 2.33. The summed E-state index contributed by atoms with van der Waals surface area (Å²) in [4.78, 5) is 28.0. The molecule has 4 rings (SSSR count). The van der Waals surface area contributed by atoms with Crippen molar-refractivity contribution < 1.29 is 9.21 Å². The molecular weight excluding hydrogens is 324 g/mol. The first kappa shape index (κ1) is 15.2. The summed E-state index contributed by atoms with van der Waals surface area (Å²) in [5, 5.41) is 2.09. The fourth-order valence-electron chi connectivity index (χ4n) is 3.43. The first-order chi connectivity index (χ1) is 11.6. The Hall–Kier alpha value is -2.34. The smallest absolute Gasteiger partial charge is 0.408 e. The lowest BCUT2D eigenvalue weighted by Gasteiger charge is -2.33. The number of fused-ring (bicyclic) bond motifs is 2. The molecule has 1 aromatic carbocycles. The van der Waals surface area contributed by atoms with Gasteiger partial charge in [0.25, 0.3) is 0 Å². The van der Waals surface area contributed by atoms with Gasteiger partial charge < -0.3 is 9.32 Å². The quantitative estimate of drug-likeness (QED) is 0.734. The Kier molecular flexibility index (Phi) is 3.76. The van der Waals surface area contributed by atoms with Gasteiger partial charge in [-0.1, -0.05) is 12.1 Å². The highest BCUT2D eigenvalue weighted by Gasteiger charge is 2.28. The van der Waals surface area contributed by atoms with Crippen LogP contribution in [0.2, 0.25) is 0 Å². The molecule has 0 saturated heterocycles.